The quantitative estimate of drug-likeness (QED) is 0.747. The molecular weight excluding hydrogens is 172 g/mol. The molecule has 1 N–H and O–H groups in total. The van der Waals surface area contributed by atoms with E-state index in [0.29, 0.717) is 6.10 Å². The van der Waals surface area contributed by atoms with Gasteiger partial charge in [0.05, 0.1) is 12.7 Å². The maximum atomic E-state index is 5.57. The molecule has 1 aromatic rings. The summed E-state index contributed by atoms with van der Waals surface area (Å²) in [5, 5.41) is 3.17. The first kappa shape index (κ1) is 8.16. The summed E-state index contributed by atoms with van der Waals surface area (Å²) < 4.78 is 9.60. The molecular formula is C8H12N2OS. The van der Waals surface area contributed by atoms with E-state index in [9.17, 15) is 0 Å². The zero-order valence-electron chi connectivity index (χ0n) is 6.82. The zero-order chi connectivity index (χ0) is 8.23. The summed E-state index contributed by atoms with van der Waals surface area (Å²) in [5.74, 6) is 0. The molecule has 0 aromatic carbocycles. The minimum Gasteiger partial charge on any atom is -0.375 e. The Morgan fingerprint density at radius 3 is 3.17 bits per heavy atom. The van der Waals surface area contributed by atoms with Crippen LogP contribution in [0.15, 0.2) is 12.3 Å². The Morgan fingerprint density at radius 1 is 1.67 bits per heavy atom. The van der Waals surface area contributed by atoms with Crippen molar-refractivity contribution in [2.24, 2.45) is 0 Å². The second-order valence-corrected chi connectivity index (χ2v) is 3.80. The van der Waals surface area contributed by atoms with E-state index in [0.717, 1.165) is 26.1 Å². The first-order valence-electron chi connectivity index (χ1n) is 4.17. The lowest BCUT2D eigenvalue weighted by Crippen LogP contribution is -2.48. The van der Waals surface area contributed by atoms with Gasteiger partial charge in [0.25, 0.3) is 0 Å². The SMILES string of the molecule is c1cc(CCOC2CNC2)sn1. The van der Waals surface area contributed by atoms with Gasteiger partial charge in [-0.05, 0) is 17.6 Å². The number of rotatable bonds is 4. The fraction of sp³-hybridized carbons (Fsp3) is 0.625. The van der Waals surface area contributed by atoms with E-state index in [1.165, 1.54) is 4.88 Å². The molecule has 2 heterocycles. The summed E-state index contributed by atoms with van der Waals surface area (Å²) in [6, 6.07) is 2.05. The molecule has 3 nitrogen and oxygen atoms in total. The van der Waals surface area contributed by atoms with Gasteiger partial charge in [-0.15, -0.1) is 0 Å². The molecule has 66 valence electrons. The first-order valence-corrected chi connectivity index (χ1v) is 4.94. The highest BCUT2D eigenvalue weighted by atomic mass is 32.1. The summed E-state index contributed by atoms with van der Waals surface area (Å²) in [5.41, 5.74) is 0. The van der Waals surface area contributed by atoms with Crippen molar-refractivity contribution < 1.29 is 4.74 Å². The van der Waals surface area contributed by atoms with Crippen LogP contribution < -0.4 is 5.32 Å². The molecule has 4 heteroatoms. The van der Waals surface area contributed by atoms with Crippen LogP contribution in [0, 0.1) is 0 Å². The molecule has 0 amide bonds. The van der Waals surface area contributed by atoms with E-state index in [1.54, 1.807) is 11.5 Å². The van der Waals surface area contributed by atoms with Crippen LogP contribution >= 0.6 is 11.5 Å². The standard InChI is InChI=1S/C8H12N2OS/c1-3-10-12-8(1)2-4-11-7-5-9-6-7/h1,3,7,9H,2,4-6H2. The van der Waals surface area contributed by atoms with Crippen molar-refractivity contribution in [1.29, 1.82) is 0 Å². The Morgan fingerprint density at radius 2 is 2.58 bits per heavy atom. The maximum Gasteiger partial charge on any atom is 0.0823 e. The van der Waals surface area contributed by atoms with Gasteiger partial charge >= 0.3 is 0 Å². The van der Waals surface area contributed by atoms with Crippen molar-refractivity contribution >= 4 is 11.5 Å². The number of hydrogen-bond donors (Lipinski definition) is 1. The first-order chi connectivity index (χ1) is 5.95. The zero-order valence-corrected chi connectivity index (χ0v) is 7.64. The smallest absolute Gasteiger partial charge is 0.0823 e. The fourth-order valence-electron chi connectivity index (χ4n) is 1.08. The lowest BCUT2D eigenvalue weighted by Gasteiger charge is -2.26. The summed E-state index contributed by atoms with van der Waals surface area (Å²) in [6.07, 6.45) is 3.30. The Balaban J connectivity index is 1.62. The topological polar surface area (TPSA) is 34.1 Å². The Labute approximate surface area is 75.9 Å². The van der Waals surface area contributed by atoms with Crippen molar-refractivity contribution in [1.82, 2.24) is 9.69 Å². The number of nitrogens with one attached hydrogen (secondary N) is 1. The summed E-state index contributed by atoms with van der Waals surface area (Å²) >= 11 is 1.55. The third kappa shape index (κ3) is 2.03. The second kappa shape index (κ2) is 3.98. The van der Waals surface area contributed by atoms with Gasteiger partial charge in [-0.2, -0.15) is 0 Å². The van der Waals surface area contributed by atoms with E-state index >= 15 is 0 Å². The molecule has 1 saturated heterocycles. The van der Waals surface area contributed by atoms with Crippen molar-refractivity contribution in [2.75, 3.05) is 19.7 Å². The number of aromatic nitrogens is 1. The molecule has 0 unspecified atom stereocenters. The van der Waals surface area contributed by atoms with Crippen LogP contribution in [0.2, 0.25) is 0 Å². The van der Waals surface area contributed by atoms with Gasteiger partial charge in [0.1, 0.15) is 0 Å². The molecule has 0 spiro atoms. The van der Waals surface area contributed by atoms with Gasteiger partial charge in [-0.1, -0.05) is 0 Å². The molecule has 1 aliphatic rings. The van der Waals surface area contributed by atoms with Crippen molar-refractivity contribution in [3.63, 3.8) is 0 Å². The molecule has 1 aromatic heterocycles. The predicted octanol–water partition coefficient (Wildman–Crippen LogP) is 0.674. The van der Waals surface area contributed by atoms with Crippen molar-refractivity contribution in [3.05, 3.63) is 17.1 Å². The van der Waals surface area contributed by atoms with Crippen LogP contribution in [0.1, 0.15) is 4.88 Å². The molecule has 0 aliphatic carbocycles. The summed E-state index contributed by atoms with van der Waals surface area (Å²) in [6.45, 7) is 2.86. The summed E-state index contributed by atoms with van der Waals surface area (Å²) in [7, 11) is 0. The number of nitrogens with zero attached hydrogens (tertiary/aromatic N) is 1. The predicted molar refractivity (Wildman–Crippen MR) is 48.4 cm³/mol. The molecule has 1 aliphatic heterocycles. The molecule has 0 bridgehead atoms. The van der Waals surface area contributed by atoms with Crippen LogP contribution in [0.3, 0.4) is 0 Å². The number of hydrogen-bond acceptors (Lipinski definition) is 4. The van der Waals surface area contributed by atoms with E-state index in [4.69, 9.17) is 4.74 Å². The highest BCUT2D eigenvalue weighted by Gasteiger charge is 2.16. The third-order valence-corrected chi connectivity index (χ3v) is 2.74. The molecule has 1 fully saturated rings. The Kier molecular flexibility index (Phi) is 2.71. The second-order valence-electron chi connectivity index (χ2n) is 2.88. The molecule has 2 rings (SSSR count). The van der Waals surface area contributed by atoms with Crippen LogP contribution in [0.5, 0.6) is 0 Å². The fourth-order valence-corrected chi connectivity index (χ4v) is 1.63. The Bertz CT molecular complexity index is 221. The van der Waals surface area contributed by atoms with Gasteiger partial charge in [0, 0.05) is 30.6 Å². The third-order valence-electron chi connectivity index (χ3n) is 1.94. The van der Waals surface area contributed by atoms with Gasteiger partial charge in [-0.3, -0.25) is 0 Å². The average Bonchev–Trinajstić information content (AvgIpc) is 2.46. The minimum absolute atomic E-state index is 0.456. The average molecular weight is 184 g/mol. The van der Waals surface area contributed by atoms with Crippen molar-refractivity contribution in [2.45, 2.75) is 12.5 Å². The van der Waals surface area contributed by atoms with Gasteiger partial charge < -0.3 is 10.1 Å². The monoisotopic (exact) mass is 184 g/mol. The van der Waals surface area contributed by atoms with Crippen LogP contribution in [-0.2, 0) is 11.2 Å². The largest absolute Gasteiger partial charge is 0.375 e. The van der Waals surface area contributed by atoms with E-state index in [2.05, 4.69) is 9.69 Å². The van der Waals surface area contributed by atoms with Gasteiger partial charge in [0.15, 0.2) is 0 Å². The summed E-state index contributed by atoms with van der Waals surface area (Å²) in [4.78, 5) is 1.31. The highest BCUT2D eigenvalue weighted by Crippen LogP contribution is 2.06. The van der Waals surface area contributed by atoms with Crippen molar-refractivity contribution in [3.8, 4) is 0 Å². The number of ether oxygens (including phenoxy) is 1. The van der Waals surface area contributed by atoms with E-state index < -0.39 is 0 Å². The Hall–Kier alpha value is -0.450. The lowest BCUT2D eigenvalue weighted by atomic mass is 10.2. The molecule has 0 atom stereocenters. The van der Waals surface area contributed by atoms with Crippen LogP contribution in [0.4, 0.5) is 0 Å². The normalized spacial score (nSPS) is 17.7. The van der Waals surface area contributed by atoms with Crippen LogP contribution in [-0.4, -0.2) is 30.2 Å². The lowest BCUT2D eigenvalue weighted by molar-refractivity contribution is 0.0210. The molecule has 0 saturated carbocycles. The van der Waals surface area contributed by atoms with Gasteiger partial charge in [-0.25, -0.2) is 4.37 Å². The van der Waals surface area contributed by atoms with Crippen LogP contribution in [0.25, 0.3) is 0 Å². The van der Waals surface area contributed by atoms with E-state index in [1.807, 2.05) is 12.3 Å². The minimum atomic E-state index is 0.456. The van der Waals surface area contributed by atoms with Gasteiger partial charge in [0.2, 0.25) is 0 Å². The maximum absolute atomic E-state index is 5.57. The van der Waals surface area contributed by atoms with E-state index in [-0.39, 0.29) is 0 Å². The molecule has 0 radical (unpaired) electrons. The molecule has 12 heavy (non-hydrogen) atoms. The highest BCUT2D eigenvalue weighted by molar-refractivity contribution is 7.05.